The lowest BCUT2D eigenvalue weighted by molar-refractivity contribution is 0.100. The number of hydrogen-bond donors (Lipinski definition) is 0. The van der Waals surface area contributed by atoms with Crippen LogP contribution < -0.4 is 0 Å². The van der Waals surface area contributed by atoms with Crippen molar-refractivity contribution in [1.29, 1.82) is 0 Å². The van der Waals surface area contributed by atoms with Crippen LogP contribution in [0.3, 0.4) is 0 Å². The molecule has 0 spiro atoms. The zero-order chi connectivity index (χ0) is 18.2. The van der Waals surface area contributed by atoms with Crippen LogP contribution in [0.5, 0.6) is 0 Å². The molecule has 2 aromatic rings. The summed E-state index contributed by atoms with van der Waals surface area (Å²) >= 11 is 0. The third-order valence-electron chi connectivity index (χ3n) is 4.24. The molecule has 132 valence electrons. The molecule has 3 rings (SSSR count). The molecule has 0 aromatic heterocycles. The summed E-state index contributed by atoms with van der Waals surface area (Å²) in [4.78, 5) is 23.8. The molecule has 5 heteroatoms. The molecule has 0 radical (unpaired) electrons. The molecule has 0 aliphatic carbocycles. The summed E-state index contributed by atoms with van der Waals surface area (Å²) in [5, 5.41) is 2.40. The second-order valence-electron chi connectivity index (χ2n) is 6.16. The van der Waals surface area contributed by atoms with E-state index in [0.717, 1.165) is 50.4 Å². The minimum absolute atomic E-state index is 0.272. The minimum atomic E-state index is -0.768. The van der Waals surface area contributed by atoms with Crippen molar-refractivity contribution in [3.8, 4) is 11.8 Å². The Labute approximate surface area is 152 Å². The fraction of sp³-hybridized carbons (Fsp3) is 0.286. The van der Waals surface area contributed by atoms with Gasteiger partial charge in [-0.05, 0) is 48.4 Å². The molecule has 1 saturated heterocycles. The van der Waals surface area contributed by atoms with Crippen molar-refractivity contribution in [2.45, 2.75) is 13.0 Å². The fourth-order valence-corrected chi connectivity index (χ4v) is 2.80. The van der Waals surface area contributed by atoms with Crippen molar-refractivity contribution in [1.82, 2.24) is 4.90 Å². The van der Waals surface area contributed by atoms with Crippen LogP contribution in [0.15, 0.2) is 53.7 Å². The quantitative estimate of drug-likeness (QED) is 0.631. The highest BCUT2D eigenvalue weighted by Crippen LogP contribution is 2.10. The van der Waals surface area contributed by atoms with Gasteiger partial charge in [0.2, 0.25) is 0 Å². The van der Waals surface area contributed by atoms with Gasteiger partial charge in [-0.3, -0.25) is 9.69 Å². The molecule has 1 amide bonds. The third kappa shape index (κ3) is 5.09. The van der Waals surface area contributed by atoms with E-state index in [9.17, 15) is 9.70 Å². The largest absolute Gasteiger partial charge is 0.380 e. The molecule has 1 aliphatic heterocycles. The van der Waals surface area contributed by atoms with E-state index in [4.69, 9.17) is 4.74 Å². The number of ether oxygens (including phenoxy) is 1. The Hall–Kier alpha value is -2.81. The van der Waals surface area contributed by atoms with E-state index >= 15 is 0 Å². The molecular formula is C21H20N2O3. The van der Waals surface area contributed by atoms with Gasteiger partial charge in [0.1, 0.15) is 0 Å². The van der Waals surface area contributed by atoms with Gasteiger partial charge in [0.15, 0.2) is 0 Å². The van der Waals surface area contributed by atoms with E-state index in [0.29, 0.717) is 0 Å². The number of rotatable bonds is 3. The van der Waals surface area contributed by atoms with Crippen molar-refractivity contribution in [2.24, 2.45) is 5.18 Å². The molecular weight excluding hydrogens is 328 g/mol. The summed E-state index contributed by atoms with van der Waals surface area (Å²) in [5.41, 5.74) is 3.25. The topological polar surface area (TPSA) is 59.0 Å². The second kappa shape index (κ2) is 9.04. The summed E-state index contributed by atoms with van der Waals surface area (Å²) in [5.74, 6) is 5.40. The maximum atomic E-state index is 11.2. The van der Waals surface area contributed by atoms with E-state index in [1.807, 2.05) is 12.1 Å². The summed E-state index contributed by atoms with van der Waals surface area (Å²) in [6, 6.07) is 14.8. The first-order valence-corrected chi connectivity index (χ1v) is 8.63. The number of nitrogens with zero attached hydrogens (tertiary/aromatic N) is 2. The Morgan fingerprint density at radius 1 is 0.962 bits per heavy atom. The predicted molar refractivity (Wildman–Crippen MR) is 99.7 cm³/mol. The van der Waals surface area contributed by atoms with Crippen molar-refractivity contribution in [2.75, 3.05) is 26.3 Å². The van der Waals surface area contributed by atoms with Crippen LogP contribution in [-0.2, 0) is 11.3 Å². The number of hydrogen-bond acceptors (Lipinski definition) is 4. The zero-order valence-electron chi connectivity index (χ0n) is 14.5. The first-order chi connectivity index (χ1) is 12.7. The molecule has 26 heavy (non-hydrogen) atoms. The lowest BCUT2D eigenvalue weighted by atomic mass is 10.1. The van der Waals surface area contributed by atoms with Crippen LogP contribution in [0, 0.1) is 16.7 Å². The van der Waals surface area contributed by atoms with Crippen molar-refractivity contribution in [3.05, 3.63) is 75.7 Å². The van der Waals surface area contributed by atoms with Gasteiger partial charge in [-0.2, -0.15) is 0 Å². The Balaban J connectivity index is 1.61. The first kappa shape index (κ1) is 18.0. The van der Waals surface area contributed by atoms with Gasteiger partial charge in [0, 0.05) is 48.1 Å². The van der Waals surface area contributed by atoms with Crippen LogP contribution in [0.4, 0.5) is 0 Å². The van der Waals surface area contributed by atoms with E-state index < -0.39 is 5.91 Å². The number of carbonyl (C=O) groups is 1. The van der Waals surface area contributed by atoms with Gasteiger partial charge in [0.05, 0.1) is 6.61 Å². The molecule has 0 atom stereocenters. The Morgan fingerprint density at radius 3 is 2.27 bits per heavy atom. The standard InChI is InChI=1S/C21H20N2O3/c24-21(22-25)20-10-8-18(9-11-20)3-2-17-4-6-19(7-5-17)16-23-12-1-14-26-15-13-23/h4-11H,1,12-16H2. The van der Waals surface area contributed by atoms with E-state index in [1.165, 1.54) is 5.56 Å². The SMILES string of the molecule is O=NC(=O)c1ccc(C#Cc2ccc(CN3CCCOCC3)cc2)cc1. The lowest BCUT2D eigenvalue weighted by Gasteiger charge is -2.18. The monoisotopic (exact) mass is 348 g/mol. The Kier molecular flexibility index (Phi) is 6.26. The van der Waals surface area contributed by atoms with Crippen molar-refractivity contribution in [3.63, 3.8) is 0 Å². The average Bonchev–Trinajstić information content (AvgIpc) is 2.96. The number of benzene rings is 2. The highest BCUT2D eigenvalue weighted by atomic mass is 16.5. The first-order valence-electron chi connectivity index (χ1n) is 8.63. The van der Waals surface area contributed by atoms with Crippen molar-refractivity contribution < 1.29 is 9.53 Å². The predicted octanol–water partition coefficient (Wildman–Crippen LogP) is 3.22. The number of carbonyl (C=O) groups excluding carboxylic acids is 1. The highest BCUT2D eigenvalue weighted by molar-refractivity contribution is 5.94. The number of nitroso groups, excluding NO2 is 1. The van der Waals surface area contributed by atoms with Crippen LogP contribution >= 0.6 is 0 Å². The molecule has 0 bridgehead atoms. The molecule has 1 aliphatic rings. The summed E-state index contributed by atoms with van der Waals surface area (Å²) in [7, 11) is 0. The van der Waals surface area contributed by atoms with Crippen molar-refractivity contribution >= 4 is 5.91 Å². The maximum Gasteiger partial charge on any atom is 0.316 e. The molecule has 5 nitrogen and oxygen atoms in total. The molecule has 0 N–H and O–H groups in total. The van der Waals surface area contributed by atoms with Gasteiger partial charge in [-0.15, -0.1) is 4.91 Å². The van der Waals surface area contributed by atoms with Crippen LogP contribution in [0.25, 0.3) is 0 Å². The molecule has 1 fully saturated rings. The Bertz CT molecular complexity index is 809. The van der Waals surface area contributed by atoms with E-state index in [-0.39, 0.29) is 5.56 Å². The van der Waals surface area contributed by atoms with E-state index in [2.05, 4.69) is 34.1 Å². The van der Waals surface area contributed by atoms with Crippen LogP contribution in [0.2, 0.25) is 0 Å². The van der Waals surface area contributed by atoms with Gasteiger partial charge >= 0.3 is 5.91 Å². The van der Waals surface area contributed by atoms with Crippen LogP contribution in [-0.4, -0.2) is 37.1 Å². The minimum Gasteiger partial charge on any atom is -0.380 e. The highest BCUT2D eigenvalue weighted by Gasteiger charge is 2.09. The zero-order valence-corrected chi connectivity index (χ0v) is 14.5. The summed E-state index contributed by atoms with van der Waals surface area (Å²) < 4.78 is 5.48. The van der Waals surface area contributed by atoms with Gasteiger partial charge in [-0.25, -0.2) is 0 Å². The molecule has 1 heterocycles. The van der Waals surface area contributed by atoms with Gasteiger partial charge in [-0.1, -0.05) is 24.0 Å². The second-order valence-corrected chi connectivity index (χ2v) is 6.16. The normalized spacial score (nSPS) is 14.8. The third-order valence-corrected chi connectivity index (χ3v) is 4.24. The average molecular weight is 348 g/mol. The van der Waals surface area contributed by atoms with Crippen LogP contribution in [0.1, 0.15) is 33.5 Å². The van der Waals surface area contributed by atoms with Gasteiger partial charge < -0.3 is 4.74 Å². The molecule has 2 aromatic carbocycles. The molecule has 0 saturated carbocycles. The van der Waals surface area contributed by atoms with Gasteiger partial charge in [0.25, 0.3) is 0 Å². The van der Waals surface area contributed by atoms with E-state index in [1.54, 1.807) is 24.3 Å². The fourth-order valence-electron chi connectivity index (χ4n) is 2.80. The smallest absolute Gasteiger partial charge is 0.316 e. The lowest BCUT2D eigenvalue weighted by Crippen LogP contribution is -2.25. The molecule has 0 unspecified atom stereocenters. The number of amides is 1. The summed E-state index contributed by atoms with van der Waals surface area (Å²) in [6.45, 7) is 4.62. The summed E-state index contributed by atoms with van der Waals surface area (Å²) in [6.07, 6.45) is 1.08. The Morgan fingerprint density at radius 2 is 1.62 bits per heavy atom. The maximum absolute atomic E-state index is 11.2.